The molecule has 1 heterocycles. The molecule has 0 aromatic carbocycles. The third kappa shape index (κ3) is 4.06. The molecular weight excluding hydrogens is 238 g/mol. The minimum atomic E-state index is -0.389. The van der Waals surface area contributed by atoms with E-state index < -0.39 is 0 Å². The van der Waals surface area contributed by atoms with Gasteiger partial charge in [-0.05, 0) is 12.0 Å². The second-order valence-electron chi connectivity index (χ2n) is 4.12. The average molecular weight is 258 g/mol. The Morgan fingerprint density at radius 1 is 1.47 bits per heavy atom. The van der Waals surface area contributed by atoms with E-state index in [4.69, 9.17) is 17.3 Å². The van der Waals surface area contributed by atoms with E-state index >= 15 is 0 Å². The Labute approximate surface area is 107 Å². The third-order valence-electron chi connectivity index (χ3n) is 2.93. The highest BCUT2D eigenvalue weighted by atomic mass is 35.5. The van der Waals surface area contributed by atoms with Gasteiger partial charge in [-0.3, -0.25) is 0 Å². The number of hydrogen-bond acceptors (Lipinski definition) is 4. The van der Waals surface area contributed by atoms with Crippen LogP contribution in [-0.2, 0) is 0 Å². The van der Waals surface area contributed by atoms with Gasteiger partial charge in [-0.2, -0.15) is 0 Å². The van der Waals surface area contributed by atoms with Gasteiger partial charge >= 0.3 is 0 Å². The summed E-state index contributed by atoms with van der Waals surface area (Å²) in [4.78, 5) is 4.08. The number of pyridine rings is 1. The van der Waals surface area contributed by atoms with Crippen LogP contribution in [0.3, 0.4) is 0 Å². The van der Waals surface area contributed by atoms with Gasteiger partial charge in [0.05, 0.1) is 23.0 Å². The highest BCUT2D eigenvalue weighted by Crippen LogP contribution is 2.21. The number of aliphatic hydroxyl groups is 1. The molecule has 1 aromatic heterocycles. The van der Waals surface area contributed by atoms with Crippen LogP contribution in [0.1, 0.15) is 26.7 Å². The fraction of sp³-hybridized carbons (Fsp3) is 0.583. The zero-order valence-electron chi connectivity index (χ0n) is 10.3. The third-order valence-corrected chi connectivity index (χ3v) is 3.22. The summed E-state index contributed by atoms with van der Waals surface area (Å²) in [5.74, 6) is 0.862. The molecule has 0 bridgehead atoms. The molecule has 0 radical (unpaired) electrons. The Morgan fingerprint density at radius 2 is 2.12 bits per heavy atom. The first-order chi connectivity index (χ1) is 8.08. The molecule has 0 saturated heterocycles. The topological polar surface area (TPSA) is 71.2 Å². The van der Waals surface area contributed by atoms with Crippen LogP contribution >= 0.6 is 11.6 Å². The van der Waals surface area contributed by atoms with Crippen LogP contribution in [0, 0.1) is 5.92 Å². The summed E-state index contributed by atoms with van der Waals surface area (Å²) >= 11 is 5.97. The zero-order valence-corrected chi connectivity index (χ0v) is 11.0. The average Bonchev–Trinajstić information content (AvgIpc) is 2.29. The van der Waals surface area contributed by atoms with Crippen molar-refractivity contribution in [1.29, 1.82) is 0 Å². The molecule has 0 aliphatic carbocycles. The number of nitrogens with one attached hydrogen (secondary N) is 1. The number of nitrogen functional groups attached to an aromatic ring is 1. The molecule has 5 heteroatoms. The zero-order chi connectivity index (χ0) is 12.8. The molecular formula is C12H20ClN3O. The number of halogens is 1. The van der Waals surface area contributed by atoms with Crippen molar-refractivity contribution in [2.75, 3.05) is 17.6 Å². The summed E-state index contributed by atoms with van der Waals surface area (Å²) in [7, 11) is 0. The minimum absolute atomic E-state index is 0.301. The molecule has 0 aliphatic rings. The van der Waals surface area contributed by atoms with E-state index in [1.165, 1.54) is 6.20 Å². The van der Waals surface area contributed by atoms with Crippen LogP contribution in [0.2, 0.25) is 5.02 Å². The van der Waals surface area contributed by atoms with Gasteiger partial charge in [0.1, 0.15) is 5.82 Å². The molecule has 1 rings (SSSR count). The Bertz CT molecular complexity index is 356. The van der Waals surface area contributed by atoms with Crippen molar-refractivity contribution in [3.05, 3.63) is 17.3 Å². The summed E-state index contributed by atoms with van der Waals surface area (Å²) in [5, 5.41) is 13.5. The number of aliphatic hydroxyl groups excluding tert-OH is 1. The Balaban J connectivity index is 2.55. The summed E-state index contributed by atoms with van der Waals surface area (Å²) in [6, 6.07) is 1.64. The first kappa shape index (κ1) is 14.1. The predicted molar refractivity (Wildman–Crippen MR) is 72.2 cm³/mol. The minimum Gasteiger partial charge on any atom is -0.397 e. The van der Waals surface area contributed by atoms with Crippen molar-refractivity contribution < 1.29 is 5.11 Å². The van der Waals surface area contributed by atoms with E-state index in [1.54, 1.807) is 6.07 Å². The molecule has 1 unspecified atom stereocenters. The van der Waals surface area contributed by atoms with Crippen molar-refractivity contribution >= 4 is 23.1 Å². The normalized spacial score (nSPS) is 12.8. The smallest absolute Gasteiger partial charge is 0.145 e. The molecule has 0 saturated carbocycles. The number of aromatic nitrogens is 1. The van der Waals surface area contributed by atoms with Gasteiger partial charge in [-0.15, -0.1) is 0 Å². The molecule has 1 aromatic rings. The molecule has 0 amide bonds. The van der Waals surface area contributed by atoms with Crippen LogP contribution in [0.5, 0.6) is 0 Å². The molecule has 0 spiro atoms. The fourth-order valence-electron chi connectivity index (χ4n) is 1.78. The van der Waals surface area contributed by atoms with Gasteiger partial charge in [0.2, 0.25) is 0 Å². The molecule has 96 valence electrons. The molecule has 0 fully saturated rings. The lowest BCUT2D eigenvalue weighted by Crippen LogP contribution is -2.28. The van der Waals surface area contributed by atoms with E-state index in [1.807, 2.05) is 0 Å². The molecule has 4 nitrogen and oxygen atoms in total. The van der Waals surface area contributed by atoms with Crippen molar-refractivity contribution in [3.8, 4) is 0 Å². The molecule has 1 atom stereocenters. The monoisotopic (exact) mass is 257 g/mol. The second-order valence-corrected chi connectivity index (χ2v) is 4.53. The van der Waals surface area contributed by atoms with Crippen LogP contribution in [0.25, 0.3) is 0 Å². The maximum absolute atomic E-state index is 9.96. The Kier molecular flexibility index (Phi) is 5.51. The van der Waals surface area contributed by atoms with Crippen LogP contribution in [0.15, 0.2) is 12.3 Å². The summed E-state index contributed by atoms with van der Waals surface area (Å²) in [6.07, 6.45) is 3.07. The predicted octanol–water partition coefficient (Wildman–Crippen LogP) is 2.53. The summed E-state index contributed by atoms with van der Waals surface area (Å²) in [6.45, 7) is 4.60. The van der Waals surface area contributed by atoms with Crippen molar-refractivity contribution in [2.24, 2.45) is 5.92 Å². The van der Waals surface area contributed by atoms with Crippen molar-refractivity contribution in [2.45, 2.75) is 32.8 Å². The number of hydrogen-bond donors (Lipinski definition) is 3. The van der Waals surface area contributed by atoms with Crippen molar-refractivity contribution in [1.82, 2.24) is 4.98 Å². The lowest BCUT2D eigenvalue weighted by atomic mass is 9.97. The maximum atomic E-state index is 9.96. The van der Waals surface area contributed by atoms with Crippen LogP contribution in [-0.4, -0.2) is 22.7 Å². The lowest BCUT2D eigenvalue weighted by molar-refractivity contribution is 0.114. The fourth-order valence-corrected chi connectivity index (χ4v) is 2.03. The van der Waals surface area contributed by atoms with E-state index in [2.05, 4.69) is 24.1 Å². The number of anilines is 2. The maximum Gasteiger partial charge on any atom is 0.145 e. The summed E-state index contributed by atoms with van der Waals surface area (Å²) in [5.41, 5.74) is 6.08. The van der Waals surface area contributed by atoms with Gasteiger partial charge in [0.15, 0.2) is 0 Å². The van der Waals surface area contributed by atoms with Gasteiger partial charge in [-0.25, -0.2) is 4.98 Å². The first-order valence-corrected chi connectivity index (χ1v) is 6.29. The standard InChI is InChI=1S/C12H20ClN3O/c1-3-8(4-2)11(17)7-16-12-10(13)5-9(14)6-15-12/h5-6,8,11,17H,3-4,7,14H2,1-2H3,(H,15,16). The highest BCUT2D eigenvalue weighted by molar-refractivity contribution is 6.33. The molecule has 17 heavy (non-hydrogen) atoms. The van der Waals surface area contributed by atoms with E-state index in [0.717, 1.165) is 12.8 Å². The summed E-state index contributed by atoms with van der Waals surface area (Å²) < 4.78 is 0. The largest absolute Gasteiger partial charge is 0.397 e. The quantitative estimate of drug-likeness (QED) is 0.732. The first-order valence-electron chi connectivity index (χ1n) is 5.91. The number of nitrogens with two attached hydrogens (primary N) is 1. The van der Waals surface area contributed by atoms with E-state index in [0.29, 0.717) is 29.0 Å². The Morgan fingerprint density at radius 3 is 2.65 bits per heavy atom. The van der Waals surface area contributed by atoms with Crippen LogP contribution in [0.4, 0.5) is 11.5 Å². The van der Waals surface area contributed by atoms with E-state index in [9.17, 15) is 5.11 Å². The number of rotatable bonds is 6. The second kappa shape index (κ2) is 6.67. The van der Waals surface area contributed by atoms with E-state index in [-0.39, 0.29) is 6.10 Å². The van der Waals surface area contributed by atoms with Gasteiger partial charge in [0.25, 0.3) is 0 Å². The van der Waals surface area contributed by atoms with Crippen molar-refractivity contribution in [3.63, 3.8) is 0 Å². The van der Waals surface area contributed by atoms with Gasteiger partial charge < -0.3 is 16.2 Å². The Hall–Kier alpha value is -1.00. The van der Waals surface area contributed by atoms with Crippen LogP contribution < -0.4 is 11.1 Å². The molecule has 0 aliphatic heterocycles. The number of nitrogens with zero attached hydrogens (tertiary/aromatic N) is 1. The lowest BCUT2D eigenvalue weighted by Gasteiger charge is -2.20. The van der Waals surface area contributed by atoms with Gasteiger partial charge in [-0.1, -0.05) is 38.3 Å². The SMILES string of the molecule is CCC(CC)C(O)CNc1ncc(N)cc1Cl. The van der Waals surface area contributed by atoms with Gasteiger partial charge in [0, 0.05) is 6.54 Å². The highest BCUT2D eigenvalue weighted by Gasteiger charge is 2.15. The molecule has 4 N–H and O–H groups in total.